The molecule has 0 radical (unpaired) electrons. The summed E-state index contributed by atoms with van der Waals surface area (Å²) in [5, 5.41) is 30.8. The lowest BCUT2D eigenvalue weighted by Crippen LogP contribution is -2.71. The lowest BCUT2D eigenvalue weighted by atomic mass is 10.0. The van der Waals surface area contributed by atoms with Crippen LogP contribution in [0.25, 0.3) is 5.65 Å². The number of oxime groups is 1. The van der Waals surface area contributed by atoms with Crippen LogP contribution in [0.2, 0.25) is 0 Å². The second-order valence-electron chi connectivity index (χ2n) is 8.22. The number of β-lactam (4-membered cyclic amide) rings is 1. The summed E-state index contributed by atoms with van der Waals surface area (Å²) in [6.45, 7) is -0.0443. The number of carbonyl (C=O) groups excluding carboxylic acids is 3. The Bertz CT molecular complexity index is 1580. The third-order valence-electron chi connectivity index (χ3n) is 5.84. The Hall–Kier alpha value is -4.62. The Balaban J connectivity index is 1.34. The fourth-order valence-electron chi connectivity index (χ4n) is 4.12. The molecule has 5 rings (SSSR count). The number of carboxylic acids is 1. The van der Waals surface area contributed by atoms with Gasteiger partial charge in [-0.05, 0) is 6.07 Å². The molecule has 0 spiro atoms. The summed E-state index contributed by atoms with van der Waals surface area (Å²) in [4.78, 5) is 54.3. The number of thioether (sulfide) groups is 1. The van der Waals surface area contributed by atoms with Crippen molar-refractivity contribution in [1.29, 1.82) is 0 Å². The van der Waals surface area contributed by atoms with Crippen molar-refractivity contribution >= 4 is 69.3 Å². The molecule has 1 saturated heterocycles. The summed E-state index contributed by atoms with van der Waals surface area (Å²) in [6, 6.07) is 2.23. The van der Waals surface area contributed by atoms with Crippen LogP contribution >= 0.6 is 23.3 Å². The molecule has 2 aliphatic rings. The maximum absolute atomic E-state index is 13.0. The topological polar surface area (TPSA) is 247 Å². The molecule has 8 N–H and O–H groups in total. The van der Waals surface area contributed by atoms with E-state index >= 15 is 0 Å². The number of rotatable bonds is 8. The number of hydrogen-bond acceptors (Lipinski definition) is 13. The Labute approximate surface area is 226 Å². The van der Waals surface area contributed by atoms with Crippen LogP contribution in [0.4, 0.5) is 10.9 Å². The number of imidazole rings is 1. The van der Waals surface area contributed by atoms with E-state index in [1.165, 1.54) is 16.3 Å². The van der Waals surface area contributed by atoms with Crippen LogP contribution in [0, 0.1) is 0 Å². The SMILES string of the molecule is NCC(=O)Nc1ccc2n(cc[n+]2CC2=C(C(=O)O)N3C(=O)[C@@H](NC(=O)/C(=N\O)c4nsc(N)n4)[C@H]3SC2)n1. The van der Waals surface area contributed by atoms with Crippen molar-refractivity contribution in [3.8, 4) is 0 Å². The molecule has 5 heterocycles. The number of nitrogens with one attached hydrogen (secondary N) is 2. The Morgan fingerprint density at radius 1 is 1.31 bits per heavy atom. The standard InChI is InChI=1S/C20H19N11O6S2/c21-5-10(32)23-9-1-2-11-29(3-4-30(11)26-9)6-8-7-38-18-13(17(34)31(18)14(8)19(35)36)24-16(33)12(27-37)15-25-20(22)39-28-15/h1-4,13,18H,5-7,21H2,(H5-,22,23,24,25,26,28,32,33,35,36,37)/p+1/t13-,18-/m1/s1. The molecule has 3 aromatic heterocycles. The molecule has 3 aromatic rings. The summed E-state index contributed by atoms with van der Waals surface area (Å²) in [7, 11) is 0. The highest BCUT2D eigenvalue weighted by molar-refractivity contribution is 8.00. The summed E-state index contributed by atoms with van der Waals surface area (Å²) in [6.07, 6.45) is 3.33. The number of aromatic nitrogens is 5. The maximum atomic E-state index is 13.0. The number of nitrogens with zero attached hydrogens (tertiary/aromatic N) is 7. The van der Waals surface area contributed by atoms with Crippen molar-refractivity contribution in [3.63, 3.8) is 0 Å². The van der Waals surface area contributed by atoms with Crippen molar-refractivity contribution in [2.24, 2.45) is 10.9 Å². The Morgan fingerprint density at radius 3 is 2.77 bits per heavy atom. The number of carboxylic acid groups (broad SMARTS) is 1. The van der Waals surface area contributed by atoms with E-state index in [2.05, 4.69) is 30.2 Å². The molecule has 17 nitrogen and oxygen atoms in total. The second kappa shape index (κ2) is 10.3. The van der Waals surface area contributed by atoms with Gasteiger partial charge in [0.15, 0.2) is 17.1 Å². The first-order chi connectivity index (χ1) is 18.7. The predicted molar refractivity (Wildman–Crippen MR) is 135 cm³/mol. The molecule has 0 aromatic carbocycles. The van der Waals surface area contributed by atoms with E-state index < -0.39 is 40.8 Å². The first-order valence-corrected chi connectivity index (χ1v) is 12.9. The van der Waals surface area contributed by atoms with Gasteiger partial charge in [0.25, 0.3) is 11.8 Å². The second-order valence-corrected chi connectivity index (χ2v) is 10.1. The maximum Gasteiger partial charge on any atom is 0.352 e. The predicted octanol–water partition coefficient (Wildman–Crippen LogP) is -2.43. The van der Waals surface area contributed by atoms with E-state index in [1.54, 1.807) is 29.1 Å². The van der Waals surface area contributed by atoms with E-state index in [0.29, 0.717) is 17.0 Å². The molecule has 19 heteroatoms. The third-order valence-corrected chi connectivity index (χ3v) is 7.72. The van der Waals surface area contributed by atoms with E-state index in [4.69, 9.17) is 11.5 Å². The van der Waals surface area contributed by atoms with Gasteiger partial charge in [-0.2, -0.15) is 9.36 Å². The molecule has 3 amide bonds. The molecule has 0 unspecified atom stereocenters. The van der Waals surface area contributed by atoms with Crippen molar-refractivity contribution in [1.82, 2.24) is 29.2 Å². The highest BCUT2D eigenvalue weighted by Crippen LogP contribution is 2.40. The van der Waals surface area contributed by atoms with Crippen LogP contribution in [0.15, 0.2) is 41.0 Å². The largest absolute Gasteiger partial charge is 0.477 e. The van der Waals surface area contributed by atoms with Crippen LogP contribution in [-0.4, -0.2) is 87.3 Å². The highest BCUT2D eigenvalue weighted by Gasteiger charge is 2.54. The number of anilines is 2. The Kier molecular flexibility index (Phi) is 6.85. The molecule has 2 aliphatic heterocycles. The monoisotopic (exact) mass is 574 g/mol. The van der Waals surface area contributed by atoms with E-state index in [0.717, 1.165) is 16.4 Å². The average Bonchev–Trinajstić information content (AvgIpc) is 3.52. The highest BCUT2D eigenvalue weighted by atomic mass is 32.2. The molecule has 39 heavy (non-hydrogen) atoms. The van der Waals surface area contributed by atoms with Crippen molar-refractivity contribution in [2.75, 3.05) is 23.3 Å². The van der Waals surface area contributed by atoms with Crippen LogP contribution in [-0.2, 0) is 25.7 Å². The lowest BCUT2D eigenvalue weighted by Gasteiger charge is -2.49. The van der Waals surface area contributed by atoms with Crippen LogP contribution in [0.5, 0.6) is 0 Å². The minimum absolute atomic E-state index is 0.0555. The quantitative estimate of drug-likeness (QED) is 0.0540. The van der Waals surface area contributed by atoms with Crippen molar-refractivity contribution in [2.45, 2.75) is 18.0 Å². The van der Waals surface area contributed by atoms with Gasteiger partial charge in [0, 0.05) is 28.9 Å². The fraction of sp³-hybridized carbons (Fsp3) is 0.250. The van der Waals surface area contributed by atoms with Crippen LogP contribution in [0.1, 0.15) is 5.82 Å². The number of amides is 3. The van der Waals surface area contributed by atoms with E-state index in [9.17, 15) is 29.5 Å². The minimum Gasteiger partial charge on any atom is -0.477 e. The number of carbonyl (C=O) groups is 4. The normalized spacial score (nSPS) is 19.1. The van der Waals surface area contributed by atoms with Crippen molar-refractivity contribution < 1.29 is 34.1 Å². The number of nitrogens with two attached hydrogens (primary N) is 2. The van der Waals surface area contributed by atoms with Gasteiger partial charge in [0.2, 0.25) is 17.4 Å². The van der Waals surface area contributed by atoms with Crippen LogP contribution < -0.4 is 26.7 Å². The van der Waals surface area contributed by atoms with Crippen molar-refractivity contribution in [3.05, 3.63) is 41.6 Å². The third kappa shape index (κ3) is 4.73. The zero-order valence-corrected chi connectivity index (χ0v) is 21.3. The number of fused-ring (bicyclic) bond motifs is 2. The molecule has 0 saturated carbocycles. The van der Waals surface area contributed by atoms with Gasteiger partial charge in [-0.25, -0.2) is 9.36 Å². The van der Waals surface area contributed by atoms with Gasteiger partial charge < -0.3 is 32.4 Å². The molecular formula is C20H20N11O6S2+. The fourth-order valence-corrected chi connectivity index (χ4v) is 5.89. The molecule has 0 bridgehead atoms. The Morgan fingerprint density at radius 2 is 2.10 bits per heavy atom. The molecule has 202 valence electrons. The first kappa shape index (κ1) is 26.0. The zero-order chi connectivity index (χ0) is 27.8. The number of hydrogen-bond donors (Lipinski definition) is 6. The van der Waals surface area contributed by atoms with Gasteiger partial charge in [0.1, 0.15) is 29.9 Å². The van der Waals surface area contributed by atoms with Gasteiger partial charge in [-0.15, -0.1) is 11.8 Å². The summed E-state index contributed by atoms with van der Waals surface area (Å²) in [5.74, 6) is -2.88. The molecule has 1 fully saturated rings. The van der Waals surface area contributed by atoms with Gasteiger partial charge >= 0.3 is 11.6 Å². The van der Waals surface area contributed by atoms with E-state index in [-0.39, 0.29) is 35.5 Å². The van der Waals surface area contributed by atoms with E-state index in [1.807, 2.05) is 0 Å². The zero-order valence-electron chi connectivity index (χ0n) is 19.7. The average molecular weight is 575 g/mol. The lowest BCUT2D eigenvalue weighted by molar-refractivity contribution is -0.662. The summed E-state index contributed by atoms with van der Waals surface area (Å²) < 4.78 is 7.08. The first-order valence-electron chi connectivity index (χ1n) is 11.1. The minimum atomic E-state index is -1.29. The van der Waals surface area contributed by atoms with Gasteiger partial charge in [-0.1, -0.05) is 14.8 Å². The molecular weight excluding hydrogens is 554 g/mol. The van der Waals surface area contributed by atoms with Crippen LogP contribution in [0.3, 0.4) is 0 Å². The molecule has 0 aliphatic carbocycles. The number of aliphatic carboxylic acids is 1. The summed E-state index contributed by atoms with van der Waals surface area (Å²) >= 11 is 2.07. The van der Waals surface area contributed by atoms with Gasteiger partial charge in [0.05, 0.1) is 6.54 Å². The van der Waals surface area contributed by atoms with Gasteiger partial charge in [-0.3, -0.25) is 19.3 Å². The number of nitrogen functional groups attached to an aromatic ring is 1. The smallest absolute Gasteiger partial charge is 0.352 e. The summed E-state index contributed by atoms with van der Waals surface area (Å²) in [5.41, 5.74) is 11.2. The molecule has 2 atom stereocenters.